The Morgan fingerprint density at radius 2 is 2.09 bits per heavy atom. The van der Waals surface area contributed by atoms with Gasteiger partial charge in [0.1, 0.15) is 5.69 Å². The molecule has 0 saturated heterocycles. The van der Waals surface area contributed by atoms with Crippen LogP contribution in [0.25, 0.3) is 10.9 Å². The summed E-state index contributed by atoms with van der Waals surface area (Å²) in [7, 11) is 0. The quantitative estimate of drug-likeness (QED) is 0.601. The number of fused-ring (bicyclic) bond motifs is 1. The SMILES string of the molecule is CC(C)(O)c1cc2n[n-]cc2cc1NC(=O)c1ccccn1.[W]. The van der Waals surface area contributed by atoms with Crippen molar-refractivity contribution < 1.29 is 31.0 Å². The summed E-state index contributed by atoms with van der Waals surface area (Å²) in [5, 5.41) is 21.8. The van der Waals surface area contributed by atoms with Gasteiger partial charge in [-0.05, 0) is 43.5 Å². The van der Waals surface area contributed by atoms with E-state index in [2.05, 4.69) is 20.5 Å². The standard InChI is InChI=1S/C16H16N4O2.W/c1-16(2,22)11-8-13-10(9-18-20-13)7-14(11)19-15(21)12-5-3-4-6-17-12;/h3-9,22H,1-2H3,(H2,17,18,19,20,21);/p-1. The Labute approximate surface area is 147 Å². The topological polar surface area (TPSA) is 89.2 Å². The maximum Gasteiger partial charge on any atom is 0.274 e. The number of carbonyl (C=O) groups excluding carboxylic acids is 1. The van der Waals surface area contributed by atoms with Crippen LogP contribution in [0.15, 0.2) is 42.7 Å². The average molecular weight is 479 g/mol. The Morgan fingerprint density at radius 1 is 1.30 bits per heavy atom. The van der Waals surface area contributed by atoms with Gasteiger partial charge in [-0.25, -0.2) is 0 Å². The molecule has 6 nitrogen and oxygen atoms in total. The molecule has 0 saturated carbocycles. The summed E-state index contributed by atoms with van der Waals surface area (Å²) in [6, 6.07) is 8.60. The first-order valence-electron chi connectivity index (χ1n) is 6.82. The van der Waals surface area contributed by atoms with Crippen molar-refractivity contribution in [3.8, 4) is 0 Å². The van der Waals surface area contributed by atoms with Crippen LogP contribution >= 0.6 is 0 Å². The van der Waals surface area contributed by atoms with Gasteiger partial charge in [0.15, 0.2) is 0 Å². The van der Waals surface area contributed by atoms with Crippen LogP contribution in [0.5, 0.6) is 0 Å². The van der Waals surface area contributed by atoms with Crippen molar-refractivity contribution in [2.24, 2.45) is 0 Å². The van der Waals surface area contributed by atoms with E-state index in [1.165, 1.54) is 0 Å². The molecular weight excluding hydrogens is 464 g/mol. The number of rotatable bonds is 3. The molecule has 1 amide bonds. The third kappa shape index (κ3) is 3.66. The fourth-order valence-electron chi connectivity index (χ4n) is 2.24. The molecule has 0 radical (unpaired) electrons. The Morgan fingerprint density at radius 3 is 2.74 bits per heavy atom. The zero-order valence-electron chi connectivity index (χ0n) is 12.6. The molecule has 3 aromatic rings. The molecule has 0 aliphatic rings. The van der Waals surface area contributed by atoms with Gasteiger partial charge in [0.2, 0.25) is 0 Å². The van der Waals surface area contributed by atoms with Crippen molar-refractivity contribution in [3.63, 3.8) is 0 Å². The van der Waals surface area contributed by atoms with Crippen molar-refractivity contribution in [1.82, 2.24) is 15.2 Å². The van der Waals surface area contributed by atoms with Crippen LogP contribution in [-0.2, 0) is 26.7 Å². The minimum Gasteiger partial charge on any atom is -0.581 e. The van der Waals surface area contributed by atoms with Crippen molar-refractivity contribution in [2.75, 3.05) is 5.32 Å². The predicted molar refractivity (Wildman–Crippen MR) is 82.5 cm³/mol. The number of amides is 1. The maximum absolute atomic E-state index is 12.3. The van der Waals surface area contributed by atoms with Gasteiger partial charge in [0.05, 0.1) is 5.60 Å². The molecule has 0 atom stereocenters. The molecule has 0 spiro atoms. The van der Waals surface area contributed by atoms with Gasteiger partial charge >= 0.3 is 0 Å². The molecule has 0 fully saturated rings. The monoisotopic (exact) mass is 479 g/mol. The number of hydrogen-bond donors (Lipinski definition) is 2. The Hall–Kier alpha value is -2.04. The Balaban J connectivity index is 0.00000192. The summed E-state index contributed by atoms with van der Waals surface area (Å²) < 4.78 is 0. The normalized spacial score (nSPS) is 11.1. The van der Waals surface area contributed by atoms with Gasteiger partial charge in [-0.3, -0.25) is 9.78 Å². The van der Waals surface area contributed by atoms with Crippen molar-refractivity contribution in [3.05, 3.63) is 54.0 Å². The zero-order chi connectivity index (χ0) is 15.7. The average Bonchev–Trinajstić information content (AvgIpc) is 2.93. The van der Waals surface area contributed by atoms with Gasteiger partial charge in [-0.15, -0.1) is 0 Å². The summed E-state index contributed by atoms with van der Waals surface area (Å²) >= 11 is 0. The summed E-state index contributed by atoms with van der Waals surface area (Å²) in [6.45, 7) is 3.31. The van der Waals surface area contributed by atoms with Crippen LogP contribution in [-0.4, -0.2) is 21.1 Å². The minimum atomic E-state index is -1.13. The summed E-state index contributed by atoms with van der Waals surface area (Å²) in [6.07, 6.45) is 3.17. The third-order valence-electron chi connectivity index (χ3n) is 3.33. The Bertz CT molecular complexity index is 825. The van der Waals surface area contributed by atoms with Crippen LogP contribution in [0.3, 0.4) is 0 Å². The van der Waals surface area contributed by atoms with E-state index in [0.29, 0.717) is 22.5 Å². The molecule has 2 aromatic heterocycles. The number of hydrogen-bond acceptors (Lipinski definition) is 4. The molecule has 2 heterocycles. The van der Waals surface area contributed by atoms with Gasteiger partial charge in [0.25, 0.3) is 5.91 Å². The van der Waals surface area contributed by atoms with Gasteiger partial charge in [-0.2, -0.15) is 6.20 Å². The summed E-state index contributed by atoms with van der Waals surface area (Å²) in [4.78, 5) is 16.3. The molecule has 0 aliphatic heterocycles. The molecule has 0 aliphatic carbocycles. The van der Waals surface area contributed by atoms with Crippen LogP contribution in [0.2, 0.25) is 0 Å². The number of anilines is 1. The minimum absolute atomic E-state index is 0. The number of aliphatic hydroxyl groups is 1. The summed E-state index contributed by atoms with van der Waals surface area (Å²) in [5.41, 5.74) is 0.950. The molecule has 23 heavy (non-hydrogen) atoms. The molecule has 0 bridgehead atoms. The van der Waals surface area contributed by atoms with E-state index in [1.807, 2.05) is 0 Å². The van der Waals surface area contributed by atoms with Crippen molar-refractivity contribution in [2.45, 2.75) is 19.4 Å². The fraction of sp³-hybridized carbons (Fsp3) is 0.188. The van der Waals surface area contributed by atoms with Crippen LogP contribution in [0, 0.1) is 0 Å². The number of aromatic nitrogens is 3. The number of carbonyl (C=O) groups is 1. The van der Waals surface area contributed by atoms with Gasteiger partial charge in [-0.1, -0.05) is 6.07 Å². The van der Waals surface area contributed by atoms with Crippen LogP contribution in [0.1, 0.15) is 29.9 Å². The number of benzene rings is 1. The number of nitrogens with zero attached hydrogens (tertiary/aromatic N) is 3. The zero-order valence-corrected chi connectivity index (χ0v) is 15.6. The number of nitrogens with one attached hydrogen (secondary N) is 1. The second-order valence-corrected chi connectivity index (χ2v) is 5.53. The first-order valence-corrected chi connectivity index (χ1v) is 6.82. The van der Waals surface area contributed by atoms with E-state index in [-0.39, 0.29) is 27.0 Å². The van der Waals surface area contributed by atoms with E-state index in [1.54, 1.807) is 56.6 Å². The molecular formula is C16H15N4O2W-. The van der Waals surface area contributed by atoms with Crippen molar-refractivity contribution in [1.29, 1.82) is 0 Å². The maximum atomic E-state index is 12.3. The molecule has 7 heteroatoms. The van der Waals surface area contributed by atoms with E-state index in [9.17, 15) is 9.90 Å². The molecule has 1 aromatic carbocycles. The van der Waals surface area contributed by atoms with Gasteiger partial charge in [0, 0.05) is 44.0 Å². The number of pyridine rings is 1. The van der Waals surface area contributed by atoms with E-state index < -0.39 is 5.60 Å². The van der Waals surface area contributed by atoms with Gasteiger partial charge < -0.3 is 20.6 Å². The largest absolute Gasteiger partial charge is 0.581 e. The molecule has 0 unspecified atom stereocenters. The summed E-state index contributed by atoms with van der Waals surface area (Å²) in [5.74, 6) is -0.335. The first kappa shape index (κ1) is 17.3. The third-order valence-corrected chi connectivity index (χ3v) is 3.33. The second kappa shape index (κ2) is 6.60. The Kier molecular flexibility index (Phi) is 4.97. The molecule has 118 valence electrons. The van der Waals surface area contributed by atoms with E-state index >= 15 is 0 Å². The smallest absolute Gasteiger partial charge is 0.274 e. The van der Waals surface area contributed by atoms with Crippen molar-refractivity contribution >= 4 is 22.5 Å². The molecule has 2 N–H and O–H groups in total. The van der Waals surface area contributed by atoms with Crippen LogP contribution < -0.4 is 10.4 Å². The van der Waals surface area contributed by atoms with E-state index in [0.717, 1.165) is 5.39 Å². The predicted octanol–water partition coefficient (Wildman–Crippen LogP) is 2.06. The molecule has 3 rings (SSSR count). The second-order valence-electron chi connectivity index (χ2n) is 5.53. The van der Waals surface area contributed by atoms with E-state index in [4.69, 9.17) is 0 Å². The first-order chi connectivity index (χ1) is 10.4. The van der Waals surface area contributed by atoms with Crippen LogP contribution in [0.4, 0.5) is 5.69 Å². The fourth-order valence-corrected chi connectivity index (χ4v) is 2.24.